The van der Waals surface area contributed by atoms with E-state index in [1.165, 1.54) is 30.6 Å². The van der Waals surface area contributed by atoms with Gasteiger partial charge in [0.25, 0.3) is 5.56 Å². The van der Waals surface area contributed by atoms with Gasteiger partial charge in [-0.1, -0.05) is 24.6 Å². The molecule has 1 unspecified atom stereocenters. The lowest BCUT2D eigenvalue weighted by Crippen LogP contribution is -2.27. The molecule has 136 valence electrons. The number of thiophene rings is 1. The van der Waals surface area contributed by atoms with Crippen molar-refractivity contribution in [3.8, 4) is 0 Å². The fourth-order valence-electron chi connectivity index (χ4n) is 3.98. The maximum Gasteiger partial charge on any atom is 0.263 e. The van der Waals surface area contributed by atoms with Crippen molar-refractivity contribution in [1.29, 1.82) is 0 Å². The Balaban J connectivity index is 1.72. The van der Waals surface area contributed by atoms with Crippen LogP contribution in [0.25, 0.3) is 10.2 Å². The third-order valence-corrected chi connectivity index (χ3v) is 7.75. The number of hydrogen-bond donors (Lipinski definition) is 0. The van der Waals surface area contributed by atoms with E-state index in [1.54, 1.807) is 23.1 Å². The fourth-order valence-corrected chi connectivity index (χ4v) is 6.18. The molecule has 0 aromatic carbocycles. The minimum absolute atomic E-state index is 0.172. The highest BCUT2D eigenvalue weighted by Crippen LogP contribution is 2.35. The van der Waals surface area contributed by atoms with Crippen LogP contribution in [0.5, 0.6) is 0 Å². The Morgan fingerprint density at radius 3 is 2.68 bits per heavy atom. The van der Waals surface area contributed by atoms with Crippen molar-refractivity contribution in [3.63, 3.8) is 0 Å². The Morgan fingerprint density at radius 1 is 1.20 bits per heavy atom. The number of nitrogens with zero attached hydrogens (tertiary/aromatic N) is 2. The van der Waals surface area contributed by atoms with Crippen LogP contribution in [-0.4, -0.2) is 28.0 Å². The molecule has 1 aliphatic carbocycles. The van der Waals surface area contributed by atoms with Gasteiger partial charge in [-0.25, -0.2) is 4.98 Å². The largest absolute Gasteiger partial charge is 0.377 e. The van der Waals surface area contributed by atoms with Crippen molar-refractivity contribution < 1.29 is 4.74 Å². The summed E-state index contributed by atoms with van der Waals surface area (Å²) >= 11 is 3.37. The van der Waals surface area contributed by atoms with Crippen molar-refractivity contribution in [2.75, 3.05) is 12.4 Å². The van der Waals surface area contributed by atoms with Gasteiger partial charge in [0, 0.05) is 23.3 Å². The smallest absolute Gasteiger partial charge is 0.263 e. The molecule has 4 nitrogen and oxygen atoms in total. The molecule has 0 amide bonds. The Labute approximate surface area is 157 Å². The van der Waals surface area contributed by atoms with Crippen LogP contribution in [0.4, 0.5) is 0 Å². The summed E-state index contributed by atoms with van der Waals surface area (Å²) in [4.78, 5) is 20.4. The Bertz CT molecular complexity index is 815. The summed E-state index contributed by atoms with van der Waals surface area (Å²) in [5.74, 6) is 0.897. The number of hydrogen-bond acceptors (Lipinski definition) is 5. The predicted molar refractivity (Wildman–Crippen MR) is 105 cm³/mol. The van der Waals surface area contributed by atoms with Crippen LogP contribution in [0.1, 0.15) is 61.4 Å². The van der Waals surface area contributed by atoms with Gasteiger partial charge >= 0.3 is 0 Å². The molecule has 2 aromatic heterocycles. The Morgan fingerprint density at radius 2 is 1.96 bits per heavy atom. The average molecular weight is 379 g/mol. The van der Waals surface area contributed by atoms with Gasteiger partial charge < -0.3 is 4.74 Å². The molecule has 1 saturated carbocycles. The highest BCUT2D eigenvalue weighted by Gasteiger charge is 2.25. The van der Waals surface area contributed by atoms with Crippen LogP contribution in [0, 0.1) is 13.8 Å². The van der Waals surface area contributed by atoms with Crippen molar-refractivity contribution in [3.05, 3.63) is 20.8 Å². The van der Waals surface area contributed by atoms with Gasteiger partial charge in [-0.3, -0.25) is 9.36 Å². The number of thioether (sulfide) groups is 1. The molecule has 25 heavy (non-hydrogen) atoms. The lowest BCUT2D eigenvalue weighted by atomic mass is 10.1. The fraction of sp³-hybridized carbons (Fsp3) is 0.684. The van der Waals surface area contributed by atoms with Crippen molar-refractivity contribution in [1.82, 2.24) is 9.55 Å². The molecule has 3 heterocycles. The molecule has 1 atom stereocenters. The van der Waals surface area contributed by atoms with E-state index < -0.39 is 0 Å². The van der Waals surface area contributed by atoms with E-state index in [-0.39, 0.29) is 5.56 Å². The standard InChI is InChI=1S/C19H26N2O2S2/c1-12-13(2)25-17-16(12)18(22)21(14-7-3-4-8-14)19(20-17)24-11-15-9-5-6-10-23-15/h14-15H,3-11H2,1-2H3. The molecule has 4 rings (SSSR count). The first-order valence-corrected chi connectivity index (χ1v) is 11.2. The van der Waals surface area contributed by atoms with E-state index in [0.29, 0.717) is 12.1 Å². The van der Waals surface area contributed by atoms with E-state index in [0.717, 1.165) is 52.6 Å². The lowest BCUT2D eigenvalue weighted by molar-refractivity contribution is 0.0315. The zero-order chi connectivity index (χ0) is 17.4. The summed E-state index contributed by atoms with van der Waals surface area (Å²) in [6.45, 7) is 5.01. The van der Waals surface area contributed by atoms with Gasteiger partial charge in [0.1, 0.15) is 4.83 Å². The van der Waals surface area contributed by atoms with Gasteiger partial charge in [-0.15, -0.1) is 11.3 Å². The highest BCUT2D eigenvalue weighted by molar-refractivity contribution is 7.99. The zero-order valence-corrected chi connectivity index (χ0v) is 16.7. The first kappa shape index (κ1) is 17.6. The maximum absolute atomic E-state index is 13.3. The molecule has 6 heteroatoms. The van der Waals surface area contributed by atoms with Crippen molar-refractivity contribution in [2.24, 2.45) is 0 Å². The maximum atomic E-state index is 13.3. The van der Waals surface area contributed by atoms with E-state index in [9.17, 15) is 4.79 Å². The molecule has 0 radical (unpaired) electrons. The van der Waals surface area contributed by atoms with Crippen LogP contribution in [0.3, 0.4) is 0 Å². The van der Waals surface area contributed by atoms with E-state index in [2.05, 4.69) is 13.8 Å². The minimum Gasteiger partial charge on any atom is -0.377 e. The van der Waals surface area contributed by atoms with Gasteiger partial charge in [0.2, 0.25) is 0 Å². The number of rotatable bonds is 4. The van der Waals surface area contributed by atoms with E-state index in [1.807, 2.05) is 4.57 Å². The second kappa shape index (κ2) is 7.41. The zero-order valence-electron chi connectivity index (χ0n) is 15.0. The van der Waals surface area contributed by atoms with Crippen LogP contribution in [0.2, 0.25) is 0 Å². The van der Waals surface area contributed by atoms with Gasteiger partial charge in [0.05, 0.1) is 11.5 Å². The first-order chi connectivity index (χ1) is 12.1. The molecule has 2 aromatic rings. The molecule has 2 aliphatic rings. The third kappa shape index (κ3) is 3.40. The third-order valence-electron chi connectivity index (χ3n) is 5.56. The molecule has 2 fully saturated rings. The lowest BCUT2D eigenvalue weighted by Gasteiger charge is -2.23. The van der Waals surface area contributed by atoms with Crippen LogP contribution in [-0.2, 0) is 4.74 Å². The first-order valence-electron chi connectivity index (χ1n) is 9.42. The summed E-state index contributed by atoms with van der Waals surface area (Å²) < 4.78 is 7.89. The summed E-state index contributed by atoms with van der Waals surface area (Å²) in [6, 6.07) is 0.318. The van der Waals surface area contributed by atoms with Crippen molar-refractivity contribution >= 4 is 33.3 Å². The van der Waals surface area contributed by atoms with Gasteiger partial charge in [-0.05, 0) is 51.5 Å². The summed E-state index contributed by atoms with van der Waals surface area (Å²) in [7, 11) is 0. The summed E-state index contributed by atoms with van der Waals surface area (Å²) in [6.07, 6.45) is 8.47. The highest BCUT2D eigenvalue weighted by atomic mass is 32.2. The van der Waals surface area contributed by atoms with E-state index >= 15 is 0 Å². The number of aromatic nitrogens is 2. The number of ether oxygens (including phenoxy) is 1. The average Bonchev–Trinajstić information content (AvgIpc) is 3.23. The quantitative estimate of drug-likeness (QED) is 0.563. The minimum atomic E-state index is 0.172. The monoisotopic (exact) mass is 378 g/mol. The Kier molecular flexibility index (Phi) is 5.20. The topological polar surface area (TPSA) is 44.1 Å². The van der Waals surface area contributed by atoms with E-state index in [4.69, 9.17) is 9.72 Å². The number of aryl methyl sites for hydroxylation is 2. The van der Waals surface area contributed by atoms with Gasteiger partial charge in [-0.2, -0.15) is 0 Å². The van der Waals surface area contributed by atoms with Crippen molar-refractivity contribution in [2.45, 2.75) is 76.1 Å². The second-order valence-corrected chi connectivity index (χ2v) is 9.46. The van der Waals surface area contributed by atoms with Gasteiger partial charge in [0.15, 0.2) is 5.16 Å². The predicted octanol–water partition coefficient (Wildman–Crippen LogP) is 4.85. The molecule has 0 spiro atoms. The summed E-state index contributed by atoms with van der Waals surface area (Å²) in [5.41, 5.74) is 1.28. The van der Waals surface area contributed by atoms with Crippen LogP contribution < -0.4 is 5.56 Å². The molecular formula is C19H26N2O2S2. The molecule has 0 bridgehead atoms. The molecule has 1 aliphatic heterocycles. The summed E-state index contributed by atoms with van der Waals surface area (Å²) in [5, 5.41) is 1.74. The molecule has 0 N–H and O–H groups in total. The Hall–Kier alpha value is -0.850. The second-order valence-electron chi connectivity index (χ2n) is 7.27. The molecular weight excluding hydrogens is 352 g/mol. The number of fused-ring (bicyclic) bond motifs is 1. The SMILES string of the molecule is Cc1sc2nc(SCC3CCCCO3)n(C3CCCC3)c(=O)c2c1C. The molecule has 1 saturated heterocycles. The normalized spacial score (nSPS) is 22.1. The van der Waals surface area contributed by atoms with Crippen LogP contribution in [0.15, 0.2) is 9.95 Å². The van der Waals surface area contributed by atoms with Crippen LogP contribution >= 0.6 is 23.1 Å².